The minimum Gasteiger partial charge on any atom is -0.378 e. The van der Waals surface area contributed by atoms with Crippen LogP contribution in [0.3, 0.4) is 0 Å². The summed E-state index contributed by atoms with van der Waals surface area (Å²) >= 11 is 0. The van der Waals surface area contributed by atoms with E-state index in [9.17, 15) is 0 Å². The number of aryl methyl sites for hydroxylation is 2. The molecule has 2 rings (SSSR count). The first-order chi connectivity index (χ1) is 8.65. The van der Waals surface area contributed by atoms with Gasteiger partial charge in [-0.05, 0) is 25.0 Å². The van der Waals surface area contributed by atoms with Crippen LogP contribution < -0.4 is 5.32 Å². The average molecular weight is 249 g/mol. The molecule has 3 heteroatoms. The third kappa shape index (κ3) is 3.10. The van der Waals surface area contributed by atoms with Crippen molar-refractivity contribution in [1.29, 1.82) is 0 Å². The highest BCUT2D eigenvalue weighted by Crippen LogP contribution is 2.21. The summed E-state index contributed by atoms with van der Waals surface area (Å²) in [6, 6.07) is 6.57. The lowest BCUT2D eigenvalue weighted by Crippen LogP contribution is -2.42. The number of hydrogen-bond acceptors (Lipinski definition) is 3. The summed E-state index contributed by atoms with van der Waals surface area (Å²) in [6.45, 7) is 7.52. The topological polar surface area (TPSA) is 30.5 Å². The molecule has 0 bridgehead atoms. The van der Waals surface area contributed by atoms with E-state index in [2.05, 4.69) is 37.4 Å². The van der Waals surface area contributed by atoms with Gasteiger partial charge in [0.05, 0.1) is 6.61 Å². The predicted molar refractivity (Wildman–Crippen MR) is 72.8 cm³/mol. The van der Waals surface area contributed by atoms with Crippen molar-refractivity contribution in [3.05, 3.63) is 34.9 Å². The van der Waals surface area contributed by atoms with Crippen LogP contribution >= 0.6 is 0 Å². The Morgan fingerprint density at radius 3 is 2.89 bits per heavy atom. The highest BCUT2D eigenvalue weighted by Gasteiger charge is 2.34. The Balaban J connectivity index is 1.89. The van der Waals surface area contributed by atoms with Gasteiger partial charge in [-0.25, -0.2) is 0 Å². The molecule has 1 aromatic carbocycles. The van der Waals surface area contributed by atoms with Crippen LogP contribution in [-0.2, 0) is 16.0 Å². The third-order valence-electron chi connectivity index (χ3n) is 3.77. The Morgan fingerprint density at radius 2 is 2.22 bits per heavy atom. The molecule has 0 aromatic heterocycles. The Morgan fingerprint density at radius 1 is 1.39 bits per heavy atom. The van der Waals surface area contributed by atoms with Gasteiger partial charge in [-0.3, -0.25) is 0 Å². The van der Waals surface area contributed by atoms with Crippen LogP contribution in [0.4, 0.5) is 0 Å². The van der Waals surface area contributed by atoms with Gasteiger partial charge in [0.2, 0.25) is 0 Å². The zero-order valence-electron chi connectivity index (χ0n) is 11.6. The summed E-state index contributed by atoms with van der Waals surface area (Å²) in [4.78, 5) is 0. The van der Waals surface area contributed by atoms with Gasteiger partial charge in [-0.15, -0.1) is 0 Å². The monoisotopic (exact) mass is 249 g/mol. The first-order valence-electron chi connectivity index (χ1n) is 6.55. The lowest BCUT2D eigenvalue weighted by Gasteiger charge is -2.26. The Labute approximate surface area is 109 Å². The maximum atomic E-state index is 5.60. The number of hydrogen-bond donors (Lipinski definition) is 1. The summed E-state index contributed by atoms with van der Waals surface area (Å²) in [6.07, 6.45) is 0.975. The van der Waals surface area contributed by atoms with E-state index in [1.54, 1.807) is 7.11 Å². The highest BCUT2D eigenvalue weighted by atomic mass is 16.5. The summed E-state index contributed by atoms with van der Waals surface area (Å²) in [5.74, 6) is 0. The molecule has 1 aliphatic rings. The molecule has 1 aliphatic heterocycles. The van der Waals surface area contributed by atoms with Gasteiger partial charge in [0, 0.05) is 33.2 Å². The van der Waals surface area contributed by atoms with Crippen molar-refractivity contribution in [1.82, 2.24) is 5.32 Å². The van der Waals surface area contributed by atoms with E-state index in [0.717, 1.165) is 26.1 Å². The van der Waals surface area contributed by atoms with E-state index >= 15 is 0 Å². The molecule has 0 amide bonds. The molecule has 3 nitrogen and oxygen atoms in total. The Hall–Kier alpha value is -0.900. The van der Waals surface area contributed by atoms with Gasteiger partial charge in [0.25, 0.3) is 0 Å². The molecule has 1 aromatic rings. The molecule has 1 unspecified atom stereocenters. The molecule has 0 saturated carbocycles. The smallest absolute Gasteiger partial charge is 0.106 e. The summed E-state index contributed by atoms with van der Waals surface area (Å²) in [5, 5.41) is 3.50. The molecule has 18 heavy (non-hydrogen) atoms. The van der Waals surface area contributed by atoms with Gasteiger partial charge in [-0.2, -0.15) is 0 Å². The quantitative estimate of drug-likeness (QED) is 0.868. The van der Waals surface area contributed by atoms with Crippen LogP contribution in [0.2, 0.25) is 0 Å². The summed E-state index contributed by atoms with van der Waals surface area (Å²) < 4.78 is 11.0. The maximum Gasteiger partial charge on any atom is 0.106 e. The predicted octanol–water partition coefficient (Wildman–Crippen LogP) is 2.20. The zero-order valence-corrected chi connectivity index (χ0v) is 11.6. The molecule has 1 atom stereocenters. The van der Waals surface area contributed by atoms with Crippen molar-refractivity contribution < 1.29 is 9.47 Å². The second-order valence-corrected chi connectivity index (χ2v) is 5.22. The lowest BCUT2D eigenvalue weighted by molar-refractivity contribution is -0.0159. The fraction of sp³-hybridized carbons (Fsp3) is 0.600. The molecule has 0 radical (unpaired) electrons. The number of ether oxygens (including phenoxy) is 2. The minimum absolute atomic E-state index is 0.127. The van der Waals surface area contributed by atoms with Crippen LogP contribution in [0.25, 0.3) is 0 Å². The molecule has 1 N–H and O–H groups in total. The van der Waals surface area contributed by atoms with E-state index in [1.807, 2.05) is 0 Å². The van der Waals surface area contributed by atoms with Crippen LogP contribution in [0.5, 0.6) is 0 Å². The largest absolute Gasteiger partial charge is 0.378 e. The molecule has 1 saturated heterocycles. The molecular formula is C15H23NO2. The number of nitrogens with one attached hydrogen (secondary N) is 1. The van der Waals surface area contributed by atoms with Crippen LogP contribution in [-0.4, -0.2) is 32.5 Å². The van der Waals surface area contributed by atoms with Gasteiger partial charge in [0.1, 0.15) is 5.60 Å². The zero-order chi connectivity index (χ0) is 13.0. The molecule has 100 valence electrons. The Bertz CT molecular complexity index is 397. The van der Waals surface area contributed by atoms with Gasteiger partial charge in [-0.1, -0.05) is 23.8 Å². The standard InChI is InChI=1S/C15H23NO2/c1-12-4-5-13(2)14(8-12)9-16-10-15(17-3)6-7-18-11-15/h4-5,8,16H,6-7,9-11H2,1-3H3. The normalized spacial score (nSPS) is 23.5. The number of benzene rings is 1. The molecule has 1 heterocycles. The number of methoxy groups -OCH3 is 1. The van der Waals surface area contributed by atoms with Gasteiger partial charge < -0.3 is 14.8 Å². The number of rotatable bonds is 5. The second-order valence-electron chi connectivity index (χ2n) is 5.22. The van der Waals surface area contributed by atoms with Crippen molar-refractivity contribution in [2.75, 3.05) is 26.9 Å². The Kier molecular flexibility index (Phi) is 4.38. The highest BCUT2D eigenvalue weighted by molar-refractivity contribution is 5.30. The third-order valence-corrected chi connectivity index (χ3v) is 3.77. The van der Waals surface area contributed by atoms with Crippen LogP contribution in [0.15, 0.2) is 18.2 Å². The molecule has 0 spiro atoms. The van der Waals surface area contributed by atoms with E-state index in [-0.39, 0.29) is 5.60 Å². The fourth-order valence-electron chi connectivity index (χ4n) is 2.38. The minimum atomic E-state index is -0.127. The van der Waals surface area contributed by atoms with Crippen molar-refractivity contribution >= 4 is 0 Å². The first kappa shape index (κ1) is 13.5. The van der Waals surface area contributed by atoms with Gasteiger partial charge in [0.15, 0.2) is 0 Å². The molecule has 1 fully saturated rings. The lowest BCUT2D eigenvalue weighted by atomic mass is 10.0. The average Bonchev–Trinajstić information content (AvgIpc) is 2.83. The SMILES string of the molecule is COC1(CNCc2cc(C)ccc2C)CCOC1. The second kappa shape index (κ2) is 5.83. The van der Waals surface area contributed by atoms with Crippen molar-refractivity contribution in [2.45, 2.75) is 32.4 Å². The first-order valence-corrected chi connectivity index (χ1v) is 6.55. The van der Waals surface area contributed by atoms with E-state index in [4.69, 9.17) is 9.47 Å². The van der Waals surface area contributed by atoms with E-state index < -0.39 is 0 Å². The maximum absolute atomic E-state index is 5.60. The summed E-state index contributed by atoms with van der Waals surface area (Å²) in [5.41, 5.74) is 3.88. The van der Waals surface area contributed by atoms with Gasteiger partial charge >= 0.3 is 0 Å². The van der Waals surface area contributed by atoms with Crippen molar-refractivity contribution in [3.63, 3.8) is 0 Å². The van der Waals surface area contributed by atoms with Crippen LogP contribution in [0, 0.1) is 13.8 Å². The van der Waals surface area contributed by atoms with Crippen molar-refractivity contribution in [3.8, 4) is 0 Å². The van der Waals surface area contributed by atoms with E-state index in [0.29, 0.717) is 6.61 Å². The van der Waals surface area contributed by atoms with Crippen LogP contribution in [0.1, 0.15) is 23.1 Å². The summed E-state index contributed by atoms with van der Waals surface area (Å²) in [7, 11) is 1.77. The molecular weight excluding hydrogens is 226 g/mol. The van der Waals surface area contributed by atoms with Crippen molar-refractivity contribution in [2.24, 2.45) is 0 Å². The fourth-order valence-corrected chi connectivity index (χ4v) is 2.38. The van der Waals surface area contributed by atoms with E-state index in [1.165, 1.54) is 16.7 Å². The molecule has 0 aliphatic carbocycles.